The number of amides is 3. The summed E-state index contributed by atoms with van der Waals surface area (Å²) < 4.78 is 5.39. The average Bonchev–Trinajstić information content (AvgIpc) is 3.34. The van der Waals surface area contributed by atoms with E-state index in [4.69, 9.17) is 4.74 Å². The summed E-state index contributed by atoms with van der Waals surface area (Å²) in [7, 11) is 1.49. The van der Waals surface area contributed by atoms with Gasteiger partial charge in [0.15, 0.2) is 6.04 Å². The quantitative estimate of drug-likeness (QED) is 0.837. The minimum absolute atomic E-state index is 0.117. The summed E-state index contributed by atoms with van der Waals surface area (Å²) in [5.74, 6) is 0.573. The van der Waals surface area contributed by atoms with Gasteiger partial charge in [0.1, 0.15) is 17.4 Å². The molecule has 130 valence electrons. The molecule has 6 heteroatoms. The maximum Gasteiger partial charge on any atom is 0.429 e. The molecule has 0 aromatic heterocycles. The number of fused-ring (bicyclic) bond motifs is 6. The van der Waals surface area contributed by atoms with Gasteiger partial charge in [0, 0.05) is 35.6 Å². The summed E-state index contributed by atoms with van der Waals surface area (Å²) in [6.45, 7) is 0. The van der Waals surface area contributed by atoms with Crippen molar-refractivity contribution in [3.8, 4) is 11.8 Å². The molecule has 3 fully saturated rings. The summed E-state index contributed by atoms with van der Waals surface area (Å²) in [6, 6.07) is 11.0. The van der Waals surface area contributed by atoms with Crippen molar-refractivity contribution < 1.29 is 19.2 Å². The predicted molar refractivity (Wildman–Crippen MR) is 94.0 cm³/mol. The summed E-state index contributed by atoms with van der Waals surface area (Å²) >= 11 is 0. The van der Waals surface area contributed by atoms with E-state index in [1.807, 2.05) is 24.3 Å². The Bertz CT molecular complexity index is 981. The first kappa shape index (κ1) is 15.4. The van der Waals surface area contributed by atoms with E-state index in [-0.39, 0.29) is 24.0 Å². The second kappa shape index (κ2) is 5.29. The van der Waals surface area contributed by atoms with Crippen molar-refractivity contribution in [1.29, 1.82) is 5.26 Å². The molecular formula is C20H18N3O3+. The van der Waals surface area contributed by atoms with Crippen molar-refractivity contribution in [2.24, 2.45) is 5.92 Å². The maximum atomic E-state index is 13.2. The Morgan fingerprint density at radius 1 is 1.23 bits per heavy atom. The molecule has 3 aliphatic rings. The zero-order chi connectivity index (χ0) is 18.0. The van der Waals surface area contributed by atoms with Crippen molar-refractivity contribution in [3.05, 3.63) is 35.9 Å². The van der Waals surface area contributed by atoms with Gasteiger partial charge in [-0.05, 0) is 6.42 Å². The summed E-state index contributed by atoms with van der Waals surface area (Å²) in [6.07, 6.45) is 3.02. The maximum absolute atomic E-state index is 13.2. The zero-order valence-electron chi connectivity index (χ0n) is 14.4. The minimum Gasteiger partial charge on any atom is -0.495 e. The number of nitriles is 1. The van der Waals surface area contributed by atoms with Crippen LogP contribution in [0.25, 0.3) is 10.8 Å². The van der Waals surface area contributed by atoms with Crippen molar-refractivity contribution in [3.63, 3.8) is 0 Å². The third-order valence-corrected chi connectivity index (χ3v) is 6.22. The Hall–Kier alpha value is -2.91. The lowest BCUT2D eigenvalue weighted by Gasteiger charge is -2.20. The molecule has 2 bridgehead atoms. The molecule has 26 heavy (non-hydrogen) atoms. The van der Waals surface area contributed by atoms with E-state index in [2.05, 4.69) is 6.07 Å². The first-order chi connectivity index (χ1) is 12.7. The van der Waals surface area contributed by atoms with Gasteiger partial charge in [0.25, 0.3) is 5.91 Å². The zero-order valence-corrected chi connectivity index (χ0v) is 14.4. The van der Waals surface area contributed by atoms with Crippen molar-refractivity contribution in [1.82, 2.24) is 0 Å². The fraction of sp³-hybridized carbons (Fsp3) is 0.350. The Morgan fingerprint density at radius 2 is 2.00 bits per heavy atom. The molecule has 3 unspecified atom stereocenters. The smallest absolute Gasteiger partial charge is 0.429 e. The highest BCUT2D eigenvalue weighted by Crippen LogP contribution is 2.40. The van der Waals surface area contributed by atoms with E-state index < -0.39 is 0 Å². The van der Waals surface area contributed by atoms with Crippen LogP contribution in [0.4, 0.5) is 10.5 Å². The normalized spacial score (nSPS) is 29.3. The van der Waals surface area contributed by atoms with Crippen LogP contribution in [0, 0.1) is 17.2 Å². The van der Waals surface area contributed by atoms with Gasteiger partial charge in [-0.25, -0.2) is 9.69 Å². The lowest BCUT2D eigenvalue weighted by molar-refractivity contribution is -0.844. The van der Waals surface area contributed by atoms with Gasteiger partial charge in [-0.2, -0.15) is 10.2 Å². The lowest BCUT2D eigenvalue weighted by atomic mass is 9.98. The Balaban J connectivity index is 1.72. The summed E-state index contributed by atoms with van der Waals surface area (Å²) in [5, 5.41) is 10.9. The topological polar surface area (TPSA) is 74.8 Å². The summed E-state index contributed by atoms with van der Waals surface area (Å²) in [5.41, 5.74) is 0.937. The Morgan fingerprint density at radius 3 is 2.69 bits per heavy atom. The number of methoxy groups -OCH3 is 1. The van der Waals surface area contributed by atoms with Gasteiger partial charge in [-0.15, -0.1) is 0 Å². The van der Waals surface area contributed by atoms with E-state index in [1.165, 1.54) is 12.0 Å². The van der Waals surface area contributed by atoms with Gasteiger partial charge in [-0.3, -0.25) is 4.79 Å². The van der Waals surface area contributed by atoms with Gasteiger partial charge in [0.05, 0.1) is 18.8 Å². The molecule has 0 spiro atoms. The largest absolute Gasteiger partial charge is 0.495 e. The van der Waals surface area contributed by atoms with Crippen LogP contribution in [0.3, 0.4) is 0 Å². The molecule has 1 saturated carbocycles. The van der Waals surface area contributed by atoms with Gasteiger partial charge >= 0.3 is 6.03 Å². The van der Waals surface area contributed by atoms with Gasteiger partial charge < -0.3 is 4.74 Å². The number of hydrogen-bond donors (Lipinski definition) is 1. The molecule has 2 aromatic rings. The number of rotatable bonds is 2. The molecule has 1 aliphatic carbocycles. The number of piperidine rings is 1. The minimum atomic E-state index is -0.248. The number of ether oxygens (including phenoxy) is 1. The molecule has 2 aliphatic heterocycles. The fourth-order valence-electron chi connectivity index (χ4n) is 5.14. The molecule has 1 N–H and O–H groups in total. The van der Waals surface area contributed by atoms with E-state index >= 15 is 0 Å². The van der Waals surface area contributed by atoms with Crippen LogP contribution in [0.1, 0.15) is 24.8 Å². The Labute approximate surface area is 150 Å². The lowest BCUT2D eigenvalue weighted by Crippen LogP contribution is -3.18. The first-order valence-electron chi connectivity index (χ1n) is 8.90. The number of imide groups is 1. The number of quaternary nitrogens is 1. The van der Waals surface area contributed by atoms with Crippen molar-refractivity contribution >= 4 is 28.4 Å². The molecule has 0 radical (unpaired) electrons. The van der Waals surface area contributed by atoms with Crippen LogP contribution in [0.15, 0.2) is 30.3 Å². The number of anilines is 1. The molecule has 2 saturated heterocycles. The van der Waals surface area contributed by atoms with E-state index in [0.29, 0.717) is 28.3 Å². The van der Waals surface area contributed by atoms with Crippen LogP contribution in [-0.4, -0.2) is 31.1 Å². The highest BCUT2D eigenvalue weighted by Gasteiger charge is 2.64. The van der Waals surface area contributed by atoms with Crippen LogP contribution in [-0.2, 0) is 4.79 Å². The van der Waals surface area contributed by atoms with Crippen LogP contribution in [0.2, 0.25) is 0 Å². The molecule has 4 atom stereocenters. The second-order valence-electron chi connectivity index (χ2n) is 7.31. The number of urea groups is 1. The number of benzene rings is 2. The highest BCUT2D eigenvalue weighted by molar-refractivity contribution is 6.21. The third-order valence-electron chi connectivity index (χ3n) is 6.22. The standard InChI is InChI=1S/C20H17N3O3/c1-26-17-9-16(14-5-3-2-4-13(14)15(17)10-21)23-19(24)18-11-6-7-12(8-11)22(18)20(23)25/h2-5,9,11-12,18H,6-8H2,1H3/p+1/t11?,12?,18-/m1/s1. The van der Waals surface area contributed by atoms with Gasteiger partial charge in [-0.1, -0.05) is 24.3 Å². The Kier molecular flexibility index (Phi) is 3.12. The van der Waals surface area contributed by atoms with E-state index in [9.17, 15) is 14.9 Å². The molecule has 6 nitrogen and oxygen atoms in total. The first-order valence-corrected chi connectivity index (χ1v) is 8.90. The molecular weight excluding hydrogens is 330 g/mol. The van der Waals surface area contributed by atoms with Crippen LogP contribution >= 0.6 is 0 Å². The number of nitrogens with zero attached hydrogens (tertiary/aromatic N) is 2. The predicted octanol–water partition coefficient (Wildman–Crippen LogP) is 1.62. The monoisotopic (exact) mass is 348 g/mol. The van der Waals surface area contributed by atoms with Crippen LogP contribution < -0.4 is 14.5 Å². The number of nitrogens with one attached hydrogen (secondary N) is 1. The third kappa shape index (κ3) is 1.78. The number of carbonyl (C=O) groups excluding carboxylic acids is 2. The van der Waals surface area contributed by atoms with Crippen LogP contribution in [0.5, 0.6) is 5.75 Å². The number of hydrogen-bond acceptors (Lipinski definition) is 4. The van der Waals surface area contributed by atoms with Crippen molar-refractivity contribution in [2.45, 2.75) is 31.3 Å². The highest BCUT2D eigenvalue weighted by atomic mass is 16.5. The molecule has 3 amide bonds. The molecule has 2 heterocycles. The summed E-state index contributed by atoms with van der Waals surface area (Å²) in [4.78, 5) is 28.4. The fourth-order valence-corrected chi connectivity index (χ4v) is 5.14. The second-order valence-corrected chi connectivity index (χ2v) is 7.31. The molecule has 2 aromatic carbocycles. The van der Waals surface area contributed by atoms with E-state index in [0.717, 1.165) is 29.5 Å². The van der Waals surface area contributed by atoms with Crippen molar-refractivity contribution in [2.75, 3.05) is 12.0 Å². The van der Waals surface area contributed by atoms with E-state index in [1.54, 1.807) is 6.07 Å². The number of carbonyl (C=O) groups is 2. The average molecular weight is 348 g/mol. The molecule has 5 rings (SSSR count). The van der Waals surface area contributed by atoms with Gasteiger partial charge in [0.2, 0.25) is 0 Å². The SMILES string of the molecule is COc1cc(N2C(=O)[C@H]3C4CCC(C4)[NH+]3C2=O)c2ccccc2c1C#N.